The van der Waals surface area contributed by atoms with Crippen molar-refractivity contribution in [2.75, 3.05) is 18.6 Å². The van der Waals surface area contributed by atoms with Gasteiger partial charge < -0.3 is 15.8 Å². The zero-order valence-corrected chi connectivity index (χ0v) is 8.16. The van der Waals surface area contributed by atoms with Crippen molar-refractivity contribution < 1.29 is 13.6 Å². The van der Waals surface area contributed by atoms with Crippen LogP contribution in [0.15, 0.2) is 5.16 Å². The van der Waals surface area contributed by atoms with E-state index in [4.69, 9.17) is 10.9 Å². The molecule has 3 N–H and O–H groups in total. The second-order valence-corrected chi connectivity index (χ2v) is 5.35. The Labute approximate surface area is 76.9 Å². The highest BCUT2D eigenvalue weighted by atomic mass is 32.2. The molecule has 0 radical (unpaired) electrons. The first kappa shape index (κ1) is 10.1. The molecule has 1 unspecified atom stereocenters. The molecule has 0 bridgehead atoms. The average molecular weight is 207 g/mol. The van der Waals surface area contributed by atoms with Crippen LogP contribution in [0, 0.1) is 0 Å². The van der Waals surface area contributed by atoms with Crippen molar-refractivity contribution in [2.24, 2.45) is 10.9 Å². The highest BCUT2D eigenvalue weighted by molar-refractivity contribution is 7.91. The molecule has 1 saturated heterocycles. The summed E-state index contributed by atoms with van der Waals surface area (Å²) in [5, 5.41) is 11.2. The van der Waals surface area contributed by atoms with Gasteiger partial charge in [0.25, 0.3) is 0 Å². The Morgan fingerprint density at radius 3 is 2.69 bits per heavy atom. The van der Waals surface area contributed by atoms with E-state index >= 15 is 0 Å². The monoisotopic (exact) mass is 207 g/mol. The quantitative estimate of drug-likeness (QED) is 0.244. The number of guanidine groups is 1. The Hall–Kier alpha value is -0.980. The lowest BCUT2D eigenvalue weighted by Crippen LogP contribution is -2.42. The fourth-order valence-electron chi connectivity index (χ4n) is 1.34. The number of oxime groups is 1. The van der Waals surface area contributed by atoms with Gasteiger partial charge in [-0.1, -0.05) is 5.16 Å². The molecule has 1 atom stereocenters. The number of hydrogen-bond acceptors (Lipinski definition) is 4. The third kappa shape index (κ3) is 2.24. The van der Waals surface area contributed by atoms with E-state index in [9.17, 15) is 8.42 Å². The minimum atomic E-state index is -2.92. The number of hydrogen-bond donors (Lipinski definition) is 2. The van der Waals surface area contributed by atoms with Crippen LogP contribution >= 0.6 is 0 Å². The van der Waals surface area contributed by atoms with E-state index in [-0.39, 0.29) is 23.5 Å². The Balaban J connectivity index is 2.67. The van der Waals surface area contributed by atoms with Gasteiger partial charge in [-0.3, -0.25) is 0 Å². The minimum absolute atomic E-state index is 0.0536. The highest BCUT2D eigenvalue weighted by Gasteiger charge is 2.31. The van der Waals surface area contributed by atoms with Crippen molar-refractivity contribution in [3.63, 3.8) is 0 Å². The summed E-state index contributed by atoms with van der Waals surface area (Å²) in [6.07, 6.45) is 0.537. The Kier molecular flexibility index (Phi) is 2.65. The molecule has 0 aromatic heterocycles. The predicted molar refractivity (Wildman–Crippen MR) is 48.2 cm³/mol. The van der Waals surface area contributed by atoms with Gasteiger partial charge in [0.2, 0.25) is 5.96 Å². The first-order chi connectivity index (χ1) is 5.96. The van der Waals surface area contributed by atoms with Crippen LogP contribution in [-0.2, 0) is 9.84 Å². The number of nitrogens with zero attached hydrogens (tertiary/aromatic N) is 2. The second kappa shape index (κ2) is 3.41. The zero-order valence-electron chi connectivity index (χ0n) is 7.34. The Morgan fingerprint density at radius 1 is 1.69 bits per heavy atom. The van der Waals surface area contributed by atoms with Crippen LogP contribution in [0.25, 0.3) is 0 Å². The van der Waals surface area contributed by atoms with Crippen molar-refractivity contribution in [1.82, 2.24) is 4.90 Å². The van der Waals surface area contributed by atoms with Crippen LogP contribution < -0.4 is 5.73 Å². The van der Waals surface area contributed by atoms with Gasteiger partial charge in [0.1, 0.15) is 0 Å². The number of sulfone groups is 1. The molecule has 1 rings (SSSR count). The third-order valence-corrected chi connectivity index (χ3v) is 3.97. The molecule has 7 heteroatoms. The molecule has 1 heterocycles. The first-order valence-corrected chi connectivity index (χ1v) is 5.69. The van der Waals surface area contributed by atoms with Crippen LogP contribution in [0.3, 0.4) is 0 Å². The normalized spacial score (nSPS) is 27.5. The van der Waals surface area contributed by atoms with E-state index in [0.717, 1.165) is 0 Å². The molecule has 0 aromatic rings. The zero-order chi connectivity index (χ0) is 10.1. The van der Waals surface area contributed by atoms with Crippen molar-refractivity contribution in [1.29, 1.82) is 0 Å². The summed E-state index contributed by atoms with van der Waals surface area (Å²) in [6.45, 7) is 0. The largest absolute Gasteiger partial charge is 0.408 e. The summed E-state index contributed by atoms with van der Waals surface area (Å²) in [4.78, 5) is 1.48. The molecule has 1 aliphatic rings. The van der Waals surface area contributed by atoms with Gasteiger partial charge in [-0.25, -0.2) is 8.42 Å². The fourth-order valence-corrected chi connectivity index (χ4v) is 3.11. The molecule has 0 saturated carbocycles. The van der Waals surface area contributed by atoms with E-state index in [0.29, 0.717) is 6.42 Å². The average Bonchev–Trinajstić information content (AvgIpc) is 2.43. The van der Waals surface area contributed by atoms with Crippen LogP contribution in [-0.4, -0.2) is 49.1 Å². The summed E-state index contributed by atoms with van der Waals surface area (Å²) in [7, 11) is -1.30. The molecule has 0 spiro atoms. The van der Waals surface area contributed by atoms with E-state index in [1.165, 1.54) is 4.90 Å². The molecular weight excluding hydrogens is 194 g/mol. The maximum atomic E-state index is 11.1. The van der Waals surface area contributed by atoms with Gasteiger partial charge >= 0.3 is 0 Å². The maximum absolute atomic E-state index is 11.1. The van der Waals surface area contributed by atoms with Gasteiger partial charge in [-0.05, 0) is 6.42 Å². The van der Waals surface area contributed by atoms with Gasteiger partial charge in [0.15, 0.2) is 9.84 Å². The van der Waals surface area contributed by atoms with E-state index in [2.05, 4.69) is 5.16 Å². The smallest absolute Gasteiger partial charge is 0.233 e. The molecule has 76 valence electrons. The van der Waals surface area contributed by atoms with Gasteiger partial charge in [-0.15, -0.1) is 0 Å². The minimum Gasteiger partial charge on any atom is -0.408 e. The van der Waals surface area contributed by atoms with Crippen molar-refractivity contribution >= 4 is 15.8 Å². The summed E-state index contributed by atoms with van der Waals surface area (Å²) in [5.74, 6) is 0.211. The number of rotatable bonds is 1. The van der Waals surface area contributed by atoms with Gasteiger partial charge in [0.05, 0.1) is 11.5 Å². The highest BCUT2D eigenvalue weighted by Crippen LogP contribution is 2.15. The summed E-state index contributed by atoms with van der Waals surface area (Å²) in [5.41, 5.74) is 5.32. The second-order valence-electron chi connectivity index (χ2n) is 3.13. The first-order valence-electron chi connectivity index (χ1n) is 3.87. The topological polar surface area (TPSA) is 96.0 Å². The van der Waals surface area contributed by atoms with Crippen LogP contribution in [0.2, 0.25) is 0 Å². The van der Waals surface area contributed by atoms with Gasteiger partial charge in [-0.2, -0.15) is 0 Å². The van der Waals surface area contributed by atoms with Crippen LogP contribution in [0.4, 0.5) is 0 Å². The van der Waals surface area contributed by atoms with Crippen molar-refractivity contribution in [3.05, 3.63) is 0 Å². The lowest BCUT2D eigenvalue weighted by atomic mass is 10.2. The van der Waals surface area contributed by atoms with Crippen LogP contribution in [0.5, 0.6) is 0 Å². The summed E-state index contributed by atoms with van der Waals surface area (Å²) >= 11 is 0. The van der Waals surface area contributed by atoms with E-state index < -0.39 is 9.84 Å². The van der Waals surface area contributed by atoms with Crippen molar-refractivity contribution in [2.45, 2.75) is 12.5 Å². The molecule has 1 aliphatic heterocycles. The molecule has 0 aliphatic carbocycles. The standard InChI is InChI=1S/C6H13N3O3S/c1-9(6(7)8-10)5-2-3-13(11,12)4-5/h5,10H,2-4H2,1H3,(H2,7,8). The maximum Gasteiger partial charge on any atom is 0.233 e. The molecule has 1 fully saturated rings. The molecule has 0 aromatic carbocycles. The Bertz CT molecular complexity index is 311. The molecule has 6 nitrogen and oxygen atoms in total. The predicted octanol–water partition coefficient (Wildman–Crippen LogP) is -1.19. The molecule has 13 heavy (non-hydrogen) atoms. The molecular formula is C6H13N3O3S. The number of nitrogens with two attached hydrogens (primary N) is 1. The van der Waals surface area contributed by atoms with Crippen molar-refractivity contribution in [3.8, 4) is 0 Å². The fraction of sp³-hybridized carbons (Fsp3) is 0.833. The summed E-state index contributed by atoms with van der Waals surface area (Å²) in [6, 6.07) is -0.166. The summed E-state index contributed by atoms with van der Waals surface area (Å²) < 4.78 is 22.2. The van der Waals surface area contributed by atoms with E-state index in [1.54, 1.807) is 7.05 Å². The lowest BCUT2D eigenvalue weighted by molar-refractivity contribution is 0.294. The Morgan fingerprint density at radius 2 is 2.31 bits per heavy atom. The van der Waals surface area contributed by atoms with Gasteiger partial charge in [0, 0.05) is 13.1 Å². The molecule has 0 amide bonds. The third-order valence-electron chi connectivity index (χ3n) is 2.22. The SMILES string of the molecule is CN(C(N)=NO)C1CCS(=O)(=O)C1. The lowest BCUT2D eigenvalue weighted by Gasteiger charge is -2.22. The van der Waals surface area contributed by atoms with E-state index in [1.807, 2.05) is 0 Å². The van der Waals surface area contributed by atoms with Crippen LogP contribution in [0.1, 0.15) is 6.42 Å².